The van der Waals surface area contributed by atoms with Crippen molar-refractivity contribution in [2.75, 3.05) is 5.32 Å². The number of anilines is 1. The second-order valence-corrected chi connectivity index (χ2v) is 5.84. The van der Waals surface area contributed by atoms with Gasteiger partial charge >= 0.3 is 0 Å². The van der Waals surface area contributed by atoms with Gasteiger partial charge < -0.3 is 10.1 Å². The van der Waals surface area contributed by atoms with Gasteiger partial charge in [0.2, 0.25) is 0 Å². The van der Waals surface area contributed by atoms with Crippen LogP contribution in [0.3, 0.4) is 0 Å². The summed E-state index contributed by atoms with van der Waals surface area (Å²) >= 11 is 6.24. The lowest BCUT2D eigenvalue weighted by Gasteiger charge is -2.22. The third-order valence-corrected chi connectivity index (χ3v) is 2.72. The molecule has 0 aliphatic carbocycles. The molecule has 2 nitrogen and oxygen atoms in total. The first kappa shape index (κ1) is 13.8. The largest absolute Gasteiger partial charge is 0.456 e. The Labute approximate surface area is 119 Å². The van der Waals surface area contributed by atoms with E-state index in [1.165, 1.54) is 0 Å². The Morgan fingerprint density at radius 3 is 2.26 bits per heavy atom. The van der Waals surface area contributed by atoms with Gasteiger partial charge in [-0.3, -0.25) is 0 Å². The van der Waals surface area contributed by atoms with E-state index in [1.54, 1.807) is 0 Å². The van der Waals surface area contributed by atoms with Gasteiger partial charge in [0.25, 0.3) is 0 Å². The van der Waals surface area contributed by atoms with Crippen molar-refractivity contribution < 1.29 is 4.74 Å². The third kappa shape index (κ3) is 4.18. The van der Waals surface area contributed by atoms with E-state index in [1.807, 2.05) is 48.5 Å². The van der Waals surface area contributed by atoms with Crippen LogP contribution in [0.5, 0.6) is 11.5 Å². The lowest BCUT2D eigenvalue weighted by atomic mass is 10.1. The molecule has 0 aromatic heterocycles. The Morgan fingerprint density at radius 1 is 1.00 bits per heavy atom. The Kier molecular flexibility index (Phi) is 4.01. The molecule has 0 bridgehead atoms. The summed E-state index contributed by atoms with van der Waals surface area (Å²) in [5.41, 5.74) is 0.989. The molecule has 0 amide bonds. The number of hydrogen-bond donors (Lipinski definition) is 1. The molecule has 0 spiro atoms. The highest BCUT2D eigenvalue weighted by Crippen LogP contribution is 2.32. The van der Waals surface area contributed by atoms with Crippen molar-refractivity contribution in [2.45, 2.75) is 26.3 Å². The summed E-state index contributed by atoms with van der Waals surface area (Å²) in [5.74, 6) is 1.44. The Balaban J connectivity index is 2.16. The van der Waals surface area contributed by atoms with E-state index in [9.17, 15) is 0 Å². The lowest BCUT2D eigenvalue weighted by Crippen LogP contribution is -2.25. The van der Waals surface area contributed by atoms with Crippen LogP contribution in [0.2, 0.25) is 5.02 Å². The minimum Gasteiger partial charge on any atom is -0.456 e. The Hall–Kier alpha value is -1.67. The summed E-state index contributed by atoms with van der Waals surface area (Å²) in [7, 11) is 0. The van der Waals surface area contributed by atoms with Gasteiger partial charge in [0.05, 0.1) is 5.02 Å². The fraction of sp³-hybridized carbons (Fsp3) is 0.250. The van der Waals surface area contributed by atoms with Crippen LogP contribution in [0.4, 0.5) is 5.69 Å². The molecule has 0 heterocycles. The molecule has 2 aromatic carbocycles. The fourth-order valence-corrected chi connectivity index (χ4v) is 1.93. The zero-order valence-corrected chi connectivity index (χ0v) is 12.2. The van der Waals surface area contributed by atoms with Gasteiger partial charge in [0.15, 0.2) is 0 Å². The molecule has 19 heavy (non-hydrogen) atoms. The van der Waals surface area contributed by atoms with Crippen molar-refractivity contribution in [3.63, 3.8) is 0 Å². The Bertz CT molecular complexity index is 546. The van der Waals surface area contributed by atoms with Crippen molar-refractivity contribution >= 4 is 17.3 Å². The first-order valence-electron chi connectivity index (χ1n) is 6.25. The highest BCUT2D eigenvalue weighted by atomic mass is 35.5. The van der Waals surface area contributed by atoms with Crippen LogP contribution in [0.25, 0.3) is 0 Å². The minimum absolute atomic E-state index is 0.00509. The van der Waals surface area contributed by atoms with E-state index in [0.717, 1.165) is 11.4 Å². The number of para-hydroxylation sites is 1. The lowest BCUT2D eigenvalue weighted by molar-refractivity contribution is 0.483. The SMILES string of the molecule is CC(C)(C)Nc1ccc(Oc2ccccc2)c(Cl)c1. The average molecular weight is 276 g/mol. The summed E-state index contributed by atoms with van der Waals surface area (Å²) in [6, 6.07) is 15.3. The number of hydrogen-bond acceptors (Lipinski definition) is 2. The zero-order chi connectivity index (χ0) is 13.9. The molecule has 0 fully saturated rings. The quantitative estimate of drug-likeness (QED) is 0.816. The van der Waals surface area contributed by atoms with Crippen LogP contribution in [0, 0.1) is 0 Å². The van der Waals surface area contributed by atoms with E-state index in [0.29, 0.717) is 10.8 Å². The Morgan fingerprint density at radius 2 is 1.68 bits per heavy atom. The molecule has 0 aliphatic rings. The van der Waals surface area contributed by atoms with Crippen molar-refractivity contribution in [1.82, 2.24) is 0 Å². The highest BCUT2D eigenvalue weighted by Gasteiger charge is 2.11. The molecule has 0 saturated heterocycles. The van der Waals surface area contributed by atoms with E-state index < -0.39 is 0 Å². The molecule has 0 saturated carbocycles. The van der Waals surface area contributed by atoms with Crippen LogP contribution in [0.15, 0.2) is 48.5 Å². The molecule has 2 rings (SSSR count). The highest BCUT2D eigenvalue weighted by molar-refractivity contribution is 6.32. The molecule has 0 atom stereocenters. The van der Waals surface area contributed by atoms with Gasteiger partial charge in [0.1, 0.15) is 11.5 Å². The molecule has 0 aliphatic heterocycles. The van der Waals surface area contributed by atoms with Gasteiger partial charge in [-0.1, -0.05) is 29.8 Å². The molecular formula is C16H18ClNO. The van der Waals surface area contributed by atoms with Crippen molar-refractivity contribution in [3.8, 4) is 11.5 Å². The molecule has 1 N–H and O–H groups in total. The van der Waals surface area contributed by atoms with Crippen LogP contribution < -0.4 is 10.1 Å². The molecule has 100 valence electrons. The molecule has 3 heteroatoms. The molecule has 0 radical (unpaired) electrons. The van der Waals surface area contributed by atoms with Gasteiger partial charge in [0, 0.05) is 11.2 Å². The topological polar surface area (TPSA) is 21.3 Å². The van der Waals surface area contributed by atoms with Crippen molar-refractivity contribution in [2.24, 2.45) is 0 Å². The van der Waals surface area contributed by atoms with Gasteiger partial charge in [-0.2, -0.15) is 0 Å². The van der Waals surface area contributed by atoms with Crippen molar-refractivity contribution in [3.05, 3.63) is 53.6 Å². The number of ether oxygens (including phenoxy) is 1. The van der Waals surface area contributed by atoms with E-state index in [4.69, 9.17) is 16.3 Å². The number of nitrogens with one attached hydrogen (secondary N) is 1. The summed E-state index contributed by atoms with van der Waals surface area (Å²) < 4.78 is 5.73. The summed E-state index contributed by atoms with van der Waals surface area (Å²) in [4.78, 5) is 0. The number of rotatable bonds is 3. The minimum atomic E-state index is 0.00509. The van der Waals surface area contributed by atoms with Gasteiger partial charge in [-0.15, -0.1) is 0 Å². The molecular weight excluding hydrogens is 258 g/mol. The summed E-state index contributed by atoms with van der Waals surface area (Å²) in [5, 5.41) is 3.97. The van der Waals surface area contributed by atoms with E-state index in [2.05, 4.69) is 26.1 Å². The van der Waals surface area contributed by atoms with Crippen LogP contribution in [-0.2, 0) is 0 Å². The van der Waals surface area contributed by atoms with E-state index in [-0.39, 0.29) is 5.54 Å². The van der Waals surface area contributed by atoms with Crippen LogP contribution in [0.1, 0.15) is 20.8 Å². The normalized spacial score (nSPS) is 11.2. The zero-order valence-electron chi connectivity index (χ0n) is 11.4. The van der Waals surface area contributed by atoms with E-state index >= 15 is 0 Å². The van der Waals surface area contributed by atoms with Crippen LogP contribution >= 0.6 is 11.6 Å². The first-order valence-corrected chi connectivity index (χ1v) is 6.62. The predicted octanol–water partition coefficient (Wildman–Crippen LogP) is 5.34. The average Bonchev–Trinajstić information content (AvgIpc) is 2.32. The maximum absolute atomic E-state index is 6.24. The maximum Gasteiger partial charge on any atom is 0.146 e. The number of benzene rings is 2. The smallest absolute Gasteiger partial charge is 0.146 e. The first-order chi connectivity index (χ1) is 8.94. The third-order valence-electron chi connectivity index (χ3n) is 2.42. The standard InChI is InChI=1S/C16H18ClNO/c1-16(2,3)18-12-9-10-15(14(17)11-12)19-13-7-5-4-6-8-13/h4-11,18H,1-3H3. The fourth-order valence-electron chi connectivity index (χ4n) is 1.71. The van der Waals surface area contributed by atoms with Gasteiger partial charge in [-0.05, 0) is 51.1 Å². The summed E-state index contributed by atoms with van der Waals surface area (Å²) in [6.45, 7) is 6.32. The summed E-state index contributed by atoms with van der Waals surface area (Å²) in [6.07, 6.45) is 0. The monoisotopic (exact) mass is 275 g/mol. The molecule has 0 unspecified atom stereocenters. The molecule has 2 aromatic rings. The van der Waals surface area contributed by atoms with Crippen molar-refractivity contribution in [1.29, 1.82) is 0 Å². The number of halogens is 1. The van der Waals surface area contributed by atoms with Gasteiger partial charge in [-0.25, -0.2) is 0 Å². The van der Waals surface area contributed by atoms with Crippen LogP contribution in [-0.4, -0.2) is 5.54 Å². The second kappa shape index (κ2) is 5.54. The second-order valence-electron chi connectivity index (χ2n) is 5.44. The predicted molar refractivity (Wildman–Crippen MR) is 81.3 cm³/mol. The maximum atomic E-state index is 6.24.